The van der Waals surface area contributed by atoms with Crippen molar-refractivity contribution in [1.29, 1.82) is 5.26 Å². The van der Waals surface area contributed by atoms with Gasteiger partial charge in [0.2, 0.25) is 0 Å². The molecule has 37 heavy (non-hydrogen) atoms. The zero-order valence-electron chi connectivity index (χ0n) is 22.2. The van der Waals surface area contributed by atoms with Gasteiger partial charge in [0, 0.05) is 15.8 Å². The van der Waals surface area contributed by atoms with Crippen LogP contribution in [0.1, 0.15) is 71.1 Å². The molecule has 0 saturated heterocycles. The lowest BCUT2D eigenvalue weighted by Crippen LogP contribution is -2.28. The number of benzene rings is 2. The van der Waals surface area contributed by atoms with Crippen LogP contribution in [-0.4, -0.2) is 10.9 Å². The first kappa shape index (κ1) is 25.2. The molecule has 5 heteroatoms. The number of thiophene rings is 1. The summed E-state index contributed by atoms with van der Waals surface area (Å²) in [4.78, 5) is 19.9. The molecule has 0 radical (unpaired) electrons. The molecular weight excluding hydrogens is 474 g/mol. The van der Waals surface area contributed by atoms with Gasteiger partial charge in [-0.1, -0.05) is 69.2 Å². The summed E-state index contributed by atoms with van der Waals surface area (Å²) >= 11 is 1.58. The average Bonchev–Trinajstić information content (AvgIpc) is 3.24. The number of hydrogen-bond donors (Lipinski definition) is 1. The van der Waals surface area contributed by atoms with Crippen LogP contribution < -0.4 is 5.32 Å². The van der Waals surface area contributed by atoms with Crippen molar-refractivity contribution in [2.75, 3.05) is 5.32 Å². The maximum atomic E-state index is 13.8. The summed E-state index contributed by atoms with van der Waals surface area (Å²) in [6.45, 7) is 11.1. The topological polar surface area (TPSA) is 65.8 Å². The van der Waals surface area contributed by atoms with Gasteiger partial charge in [-0.05, 0) is 67.7 Å². The molecule has 1 unspecified atom stereocenters. The maximum absolute atomic E-state index is 13.8. The molecule has 0 saturated carbocycles. The minimum Gasteiger partial charge on any atom is -0.312 e. The fourth-order valence-electron chi connectivity index (χ4n) is 5.52. The number of carbonyl (C=O) groups excluding carboxylic acids is 1. The average molecular weight is 508 g/mol. The van der Waals surface area contributed by atoms with E-state index < -0.39 is 0 Å². The van der Waals surface area contributed by atoms with Crippen molar-refractivity contribution in [3.05, 3.63) is 81.2 Å². The number of nitriles is 1. The van der Waals surface area contributed by atoms with Crippen molar-refractivity contribution in [2.24, 2.45) is 11.3 Å². The van der Waals surface area contributed by atoms with E-state index in [1.54, 1.807) is 11.3 Å². The Kier molecular flexibility index (Phi) is 6.64. The summed E-state index contributed by atoms with van der Waals surface area (Å²) in [6.07, 6.45) is 4.08. The molecule has 0 aliphatic heterocycles. The zero-order chi connectivity index (χ0) is 26.3. The number of hydrogen-bond acceptors (Lipinski definition) is 4. The monoisotopic (exact) mass is 507 g/mol. The first-order valence-corrected chi connectivity index (χ1v) is 13.9. The van der Waals surface area contributed by atoms with E-state index in [0.717, 1.165) is 59.0 Å². The van der Waals surface area contributed by atoms with Gasteiger partial charge in [-0.15, -0.1) is 11.3 Å². The number of rotatable bonds is 5. The van der Waals surface area contributed by atoms with E-state index in [9.17, 15) is 10.1 Å². The first-order chi connectivity index (χ1) is 17.7. The number of nitrogens with zero attached hydrogens (tertiary/aromatic N) is 2. The zero-order valence-corrected chi connectivity index (χ0v) is 23.1. The normalized spacial score (nSPS) is 15.3. The van der Waals surface area contributed by atoms with Gasteiger partial charge in [-0.2, -0.15) is 5.26 Å². The Bertz CT molecular complexity index is 1560. The van der Waals surface area contributed by atoms with Gasteiger partial charge < -0.3 is 5.32 Å². The van der Waals surface area contributed by atoms with Gasteiger partial charge in [0.1, 0.15) is 11.1 Å². The molecule has 1 N–H and O–H groups in total. The summed E-state index contributed by atoms with van der Waals surface area (Å²) in [5.74, 6) is 0.383. The Hall–Kier alpha value is -3.49. The predicted molar refractivity (Wildman–Crippen MR) is 153 cm³/mol. The molecule has 2 aromatic heterocycles. The van der Waals surface area contributed by atoms with Crippen molar-refractivity contribution in [1.82, 2.24) is 4.98 Å². The molecule has 2 heterocycles. The summed E-state index contributed by atoms with van der Waals surface area (Å²) in [6, 6.07) is 18.3. The fraction of sp³-hybridized carbons (Fsp3) is 0.344. The largest absolute Gasteiger partial charge is 0.312 e. The SMILES string of the molecule is CCC(C)(C)C1CCc2c(sc(NC(=O)c3cc(-c4ccc(C)cc4C)nc4ccccc34)c2C#N)C1. The Morgan fingerprint density at radius 1 is 1.19 bits per heavy atom. The predicted octanol–water partition coefficient (Wildman–Crippen LogP) is 8.25. The highest BCUT2D eigenvalue weighted by Crippen LogP contribution is 2.45. The third-order valence-electron chi connectivity index (χ3n) is 8.24. The van der Waals surface area contributed by atoms with Crippen molar-refractivity contribution in [2.45, 2.75) is 60.3 Å². The van der Waals surface area contributed by atoms with Crippen molar-refractivity contribution >= 4 is 33.1 Å². The van der Waals surface area contributed by atoms with Gasteiger partial charge in [0.05, 0.1) is 22.3 Å². The second-order valence-electron chi connectivity index (χ2n) is 10.9. The molecule has 0 bridgehead atoms. The maximum Gasteiger partial charge on any atom is 0.257 e. The summed E-state index contributed by atoms with van der Waals surface area (Å²) in [7, 11) is 0. The van der Waals surface area contributed by atoms with E-state index in [2.05, 4.69) is 64.2 Å². The van der Waals surface area contributed by atoms with Crippen LogP contribution in [0.5, 0.6) is 0 Å². The van der Waals surface area contributed by atoms with Crippen LogP contribution >= 0.6 is 11.3 Å². The van der Waals surface area contributed by atoms with Gasteiger partial charge in [0.15, 0.2) is 0 Å². The molecule has 4 aromatic rings. The van der Waals surface area contributed by atoms with Gasteiger partial charge in [-0.3, -0.25) is 4.79 Å². The third-order valence-corrected chi connectivity index (χ3v) is 9.41. The molecule has 1 atom stereocenters. The highest BCUT2D eigenvalue weighted by Gasteiger charge is 2.34. The Morgan fingerprint density at radius 3 is 2.70 bits per heavy atom. The number of nitrogens with one attached hydrogen (secondary N) is 1. The number of pyridine rings is 1. The number of aryl methyl sites for hydroxylation is 2. The quantitative estimate of drug-likeness (QED) is 0.296. The van der Waals surface area contributed by atoms with E-state index in [1.807, 2.05) is 30.3 Å². The van der Waals surface area contributed by atoms with E-state index in [0.29, 0.717) is 22.0 Å². The minimum absolute atomic E-state index is 0.204. The number of carbonyl (C=O) groups is 1. The van der Waals surface area contributed by atoms with E-state index in [4.69, 9.17) is 4.98 Å². The molecular formula is C32H33N3OS. The molecule has 2 aromatic carbocycles. The lowest BCUT2D eigenvalue weighted by atomic mass is 9.69. The van der Waals surface area contributed by atoms with E-state index in [1.165, 1.54) is 10.4 Å². The van der Waals surface area contributed by atoms with Crippen LogP contribution in [0.3, 0.4) is 0 Å². The lowest BCUT2D eigenvalue weighted by Gasteiger charge is -2.36. The minimum atomic E-state index is -0.204. The second-order valence-corrected chi connectivity index (χ2v) is 12.1. The number of para-hydroxylation sites is 1. The van der Waals surface area contributed by atoms with E-state index >= 15 is 0 Å². The van der Waals surface area contributed by atoms with E-state index in [-0.39, 0.29) is 11.3 Å². The number of anilines is 1. The number of amides is 1. The van der Waals surface area contributed by atoms with Gasteiger partial charge in [0.25, 0.3) is 5.91 Å². The molecule has 1 amide bonds. The Morgan fingerprint density at radius 2 is 1.97 bits per heavy atom. The summed E-state index contributed by atoms with van der Waals surface area (Å²) in [5, 5.41) is 14.6. The van der Waals surface area contributed by atoms with Crippen molar-refractivity contribution in [3.63, 3.8) is 0 Å². The van der Waals surface area contributed by atoms with Crippen LogP contribution in [0, 0.1) is 36.5 Å². The lowest BCUT2D eigenvalue weighted by molar-refractivity contribution is 0.102. The molecule has 188 valence electrons. The number of aromatic nitrogens is 1. The summed E-state index contributed by atoms with van der Waals surface area (Å²) in [5.41, 5.74) is 7.47. The fourth-order valence-corrected chi connectivity index (χ4v) is 6.79. The summed E-state index contributed by atoms with van der Waals surface area (Å²) < 4.78 is 0. The third kappa shape index (κ3) is 4.67. The van der Waals surface area contributed by atoms with Crippen molar-refractivity contribution < 1.29 is 4.79 Å². The van der Waals surface area contributed by atoms with Crippen molar-refractivity contribution in [3.8, 4) is 17.3 Å². The second kappa shape index (κ2) is 9.76. The van der Waals surface area contributed by atoms with Gasteiger partial charge >= 0.3 is 0 Å². The van der Waals surface area contributed by atoms with Gasteiger partial charge in [-0.25, -0.2) is 4.98 Å². The standard InChI is InChI=1S/C32H33N3OS/c1-6-32(4,5)21-12-14-24-26(18-33)31(37-29(24)16-21)35-30(36)25-17-28(22-13-11-19(2)15-20(22)3)34-27-10-8-7-9-23(25)27/h7-11,13,15,17,21H,6,12,14,16H2,1-5H3,(H,35,36). The molecule has 4 nitrogen and oxygen atoms in total. The Labute approximate surface area is 223 Å². The van der Waals surface area contributed by atoms with Crippen LogP contribution in [0.15, 0.2) is 48.5 Å². The molecule has 1 aliphatic carbocycles. The smallest absolute Gasteiger partial charge is 0.257 e. The molecule has 0 fully saturated rings. The van der Waals surface area contributed by atoms with Crippen LogP contribution in [-0.2, 0) is 12.8 Å². The Balaban J connectivity index is 1.53. The highest BCUT2D eigenvalue weighted by atomic mass is 32.1. The molecule has 1 aliphatic rings. The first-order valence-electron chi connectivity index (χ1n) is 13.0. The van der Waals surface area contributed by atoms with Crippen LogP contribution in [0.25, 0.3) is 22.2 Å². The van der Waals surface area contributed by atoms with Crippen LogP contribution in [0.4, 0.5) is 5.00 Å². The van der Waals surface area contributed by atoms with Crippen LogP contribution in [0.2, 0.25) is 0 Å². The molecule has 5 rings (SSSR count). The highest BCUT2D eigenvalue weighted by molar-refractivity contribution is 7.16. The number of fused-ring (bicyclic) bond motifs is 2. The molecule has 0 spiro atoms.